The molecule has 108 valence electrons. The predicted molar refractivity (Wildman–Crippen MR) is 80.7 cm³/mol. The number of carbonyl (C=O) groups excluding carboxylic acids is 1. The van der Waals surface area contributed by atoms with Crippen LogP contribution in [-0.4, -0.2) is 28.0 Å². The molecular formula is C14H18N2O3S. The summed E-state index contributed by atoms with van der Waals surface area (Å²) in [4.78, 5) is 23.3. The number of carboxylic acids is 1. The topological polar surface area (TPSA) is 92.4 Å². The Bertz CT molecular complexity index is 500. The molecule has 0 heterocycles. The van der Waals surface area contributed by atoms with Gasteiger partial charge in [0.2, 0.25) is 0 Å². The second kappa shape index (κ2) is 7.59. The third-order valence-electron chi connectivity index (χ3n) is 2.78. The lowest BCUT2D eigenvalue weighted by molar-refractivity contribution is -0.139. The Kier molecular flexibility index (Phi) is 6.11. The largest absolute Gasteiger partial charge is 0.480 e. The minimum absolute atomic E-state index is 0.385. The lowest BCUT2D eigenvalue weighted by atomic mass is 10.1. The van der Waals surface area contributed by atoms with E-state index >= 15 is 0 Å². The molecule has 1 aromatic carbocycles. The average Bonchev–Trinajstić information content (AvgIpc) is 2.38. The summed E-state index contributed by atoms with van der Waals surface area (Å²) in [6.07, 6.45) is 1.57. The molecule has 5 nitrogen and oxygen atoms in total. The Morgan fingerprint density at radius 1 is 1.35 bits per heavy atom. The van der Waals surface area contributed by atoms with Gasteiger partial charge < -0.3 is 16.2 Å². The standard InChI is InChI=1S/C14H18N2O3S/c1-2-3-11(14(18)19)16-13(17)10-6-4-9(5-7-10)8-12(15)20/h4-7,11H,2-3,8H2,1H3,(H2,15,20)(H,16,17)(H,18,19). The van der Waals surface area contributed by atoms with Gasteiger partial charge in [-0.25, -0.2) is 4.79 Å². The lowest BCUT2D eigenvalue weighted by Gasteiger charge is -2.13. The zero-order chi connectivity index (χ0) is 15.1. The number of nitrogens with two attached hydrogens (primary N) is 1. The summed E-state index contributed by atoms with van der Waals surface area (Å²) >= 11 is 4.81. The monoisotopic (exact) mass is 294 g/mol. The molecule has 0 aromatic heterocycles. The predicted octanol–water partition coefficient (Wildman–Crippen LogP) is 1.50. The molecule has 0 saturated heterocycles. The van der Waals surface area contributed by atoms with Crippen LogP contribution in [0.5, 0.6) is 0 Å². The number of nitrogens with one attached hydrogen (secondary N) is 1. The van der Waals surface area contributed by atoms with E-state index in [1.54, 1.807) is 24.3 Å². The molecule has 20 heavy (non-hydrogen) atoms. The van der Waals surface area contributed by atoms with Gasteiger partial charge in [0.25, 0.3) is 5.91 Å². The summed E-state index contributed by atoms with van der Waals surface area (Å²) in [6, 6.07) is 5.92. The van der Waals surface area contributed by atoms with Gasteiger partial charge in [-0.3, -0.25) is 4.79 Å². The van der Waals surface area contributed by atoms with Crippen LogP contribution in [-0.2, 0) is 11.2 Å². The van der Waals surface area contributed by atoms with Crippen molar-refractivity contribution in [1.82, 2.24) is 5.32 Å². The van der Waals surface area contributed by atoms with E-state index in [1.807, 2.05) is 6.92 Å². The Hall–Kier alpha value is -1.95. The van der Waals surface area contributed by atoms with Crippen molar-refractivity contribution in [3.8, 4) is 0 Å². The van der Waals surface area contributed by atoms with Crippen LogP contribution in [0.1, 0.15) is 35.7 Å². The summed E-state index contributed by atoms with van der Waals surface area (Å²) < 4.78 is 0. The van der Waals surface area contributed by atoms with Gasteiger partial charge >= 0.3 is 5.97 Å². The van der Waals surface area contributed by atoms with Gasteiger partial charge in [-0.15, -0.1) is 0 Å². The maximum Gasteiger partial charge on any atom is 0.326 e. The summed E-state index contributed by atoms with van der Waals surface area (Å²) in [5.74, 6) is -1.42. The van der Waals surface area contributed by atoms with E-state index < -0.39 is 17.9 Å². The van der Waals surface area contributed by atoms with E-state index in [4.69, 9.17) is 23.1 Å². The number of rotatable bonds is 7. The molecule has 0 aliphatic heterocycles. The number of carboxylic acid groups (broad SMARTS) is 1. The molecule has 1 aromatic rings. The van der Waals surface area contributed by atoms with Crippen LogP contribution in [0, 0.1) is 0 Å². The zero-order valence-electron chi connectivity index (χ0n) is 11.3. The molecular weight excluding hydrogens is 276 g/mol. The fourth-order valence-corrected chi connectivity index (χ4v) is 1.93. The molecule has 0 aliphatic rings. The van der Waals surface area contributed by atoms with Crippen LogP contribution in [0.15, 0.2) is 24.3 Å². The van der Waals surface area contributed by atoms with Crippen molar-refractivity contribution >= 4 is 29.1 Å². The molecule has 1 rings (SSSR count). The Balaban J connectivity index is 2.71. The van der Waals surface area contributed by atoms with Gasteiger partial charge in [0.05, 0.1) is 4.99 Å². The van der Waals surface area contributed by atoms with Crippen molar-refractivity contribution in [2.75, 3.05) is 0 Å². The van der Waals surface area contributed by atoms with E-state index in [-0.39, 0.29) is 0 Å². The van der Waals surface area contributed by atoms with Gasteiger partial charge in [0.1, 0.15) is 6.04 Å². The zero-order valence-corrected chi connectivity index (χ0v) is 12.1. The summed E-state index contributed by atoms with van der Waals surface area (Å²) in [7, 11) is 0. The van der Waals surface area contributed by atoms with E-state index in [1.165, 1.54) is 0 Å². The van der Waals surface area contributed by atoms with E-state index in [0.29, 0.717) is 29.8 Å². The fourth-order valence-electron chi connectivity index (χ4n) is 1.76. The van der Waals surface area contributed by atoms with E-state index in [2.05, 4.69) is 5.32 Å². The third-order valence-corrected chi connectivity index (χ3v) is 2.92. The number of thiocarbonyl (C=S) groups is 1. The first-order chi connectivity index (χ1) is 9.43. The van der Waals surface area contributed by atoms with Crippen LogP contribution in [0.3, 0.4) is 0 Å². The quantitative estimate of drug-likeness (QED) is 0.663. The molecule has 1 atom stereocenters. The third kappa shape index (κ3) is 4.97. The molecule has 0 aliphatic carbocycles. The van der Waals surface area contributed by atoms with Gasteiger partial charge in [-0.1, -0.05) is 37.7 Å². The number of hydrogen-bond acceptors (Lipinski definition) is 3. The van der Waals surface area contributed by atoms with Crippen molar-refractivity contribution in [3.63, 3.8) is 0 Å². The van der Waals surface area contributed by atoms with Crippen molar-refractivity contribution < 1.29 is 14.7 Å². The van der Waals surface area contributed by atoms with Crippen molar-refractivity contribution in [2.45, 2.75) is 32.2 Å². The van der Waals surface area contributed by atoms with Gasteiger partial charge in [-0.2, -0.15) is 0 Å². The summed E-state index contributed by atoms with van der Waals surface area (Å²) in [5.41, 5.74) is 6.77. The highest BCUT2D eigenvalue weighted by Gasteiger charge is 2.19. The van der Waals surface area contributed by atoms with Crippen molar-refractivity contribution in [2.24, 2.45) is 5.73 Å². The Morgan fingerprint density at radius 2 is 1.95 bits per heavy atom. The number of hydrogen-bond donors (Lipinski definition) is 3. The lowest BCUT2D eigenvalue weighted by Crippen LogP contribution is -2.40. The number of amides is 1. The van der Waals surface area contributed by atoms with E-state index in [0.717, 1.165) is 5.56 Å². The number of benzene rings is 1. The molecule has 4 N–H and O–H groups in total. The smallest absolute Gasteiger partial charge is 0.326 e. The molecule has 1 amide bonds. The highest BCUT2D eigenvalue weighted by Crippen LogP contribution is 2.07. The van der Waals surface area contributed by atoms with Crippen LogP contribution in [0.2, 0.25) is 0 Å². The molecule has 0 saturated carbocycles. The average molecular weight is 294 g/mol. The fraction of sp³-hybridized carbons (Fsp3) is 0.357. The molecule has 1 unspecified atom stereocenters. The first-order valence-electron chi connectivity index (χ1n) is 6.35. The van der Waals surface area contributed by atoms with Crippen molar-refractivity contribution in [3.05, 3.63) is 35.4 Å². The van der Waals surface area contributed by atoms with Crippen LogP contribution < -0.4 is 11.1 Å². The SMILES string of the molecule is CCCC(NC(=O)c1ccc(CC(N)=S)cc1)C(=O)O. The van der Waals surface area contributed by atoms with Gasteiger partial charge in [0, 0.05) is 12.0 Å². The van der Waals surface area contributed by atoms with Gasteiger partial charge in [-0.05, 0) is 24.1 Å². The molecule has 6 heteroatoms. The summed E-state index contributed by atoms with van der Waals surface area (Å²) in [5, 5.41) is 11.5. The van der Waals surface area contributed by atoms with Crippen LogP contribution in [0.4, 0.5) is 0 Å². The molecule has 0 fully saturated rings. The molecule has 0 spiro atoms. The summed E-state index contributed by atoms with van der Waals surface area (Å²) in [6.45, 7) is 1.87. The number of aliphatic carboxylic acids is 1. The Labute approximate surface area is 123 Å². The second-order valence-corrected chi connectivity index (χ2v) is 5.02. The van der Waals surface area contributed by atoms with Crippen molar-refractivity contribution in [1.29, 1.82) is 0 Å². The van der Waals surface area contributed by atoms with Crippen LogP contribution >= 0.6 is 12.2 Å². The highest BCUT2D eigenvalue weighted by molar-refractivity contribution is 7.80. The molecule has 0 radical (unpaired) electrons. The first-order valence-corrected chi connectivity index (χ1v) is 6.75. The second-order valence-electron chi connectivity index (χ2n) is 4.49. The maximum absolute atomic E-state index is 11.9. The minimum atomic E-state index is -1.02. The maximum atomic E-state index is 11.9. The first kappa shape index (κ1) is 16.1. The number of carbonyl (C=O) groups is 2. The van der Waals surface area contributed by atoms with Gasteiger partial charge in [0.15, 0.2) is 0 Å². The van der Waals surface area contributed by atoms with E-state index in [9.17, 15) is 9.59 Å². The Morgan fingerprint density at radius 3 is 2.40 bits per heavy atom. The normalized spacial score (nSPS) is 11.7. The highest BCUT2D eigenvalue weighted by atomic mass is 32.1. The minimum Gasteiger partial charge on any atom is -0.480 e. The molecule has 0 bridgehead atoms. The van der Waals surface area contributed by atoms with Crippen LogP contribution in [0.25, 0.3) is 0 Å².